The number of hydrogen-bond acceptors (Lipinski definition) is 4. The number of halogens is 1. The number of nitrogens with zero attached hydrogens (tertiary/aromatic N) is 1. The lowest BCUT2D eigenvalue weighted by atomic mass is 10.00. The van der Waals surface area contributed by atoms with E-state index >= 15 is 0 Å². The molecule has 0 aromatic carbocycles. The van der Waals surface area contributed by atoms with E-state index in [-0.39, 0.29) is 36.9 Å². The van der Waals surface area contributed by atoms with Gasteiger partial charge in [0.1, 0.15) is 0 Å². The van der Waals surface area contributed by atoms with Crippen LogP contribution in [-0.4, -0.2) is 50.3 Å². The molecule has 0 spiro atoms. The summed E-state index contributed by atoms with van der Waals surface area (Å²) < 4.78 is 31.0. The number of piperidine rings is 1. The van der Waals surface area contributed by atoms with Gasteiger partial charge in [-0.15, -0.1) is 12.4 Å². The summed E-state index contributed by atoms with van der Waals surface area (Å²) in [5.41, 5.74) is 5.87. The molecule has 5 nitrogen and oxygen atoms in total. The van der Waals surface area contributed by atoms with Gasteiger partial charge in [-0.05, 0) is 26.7 Å². The monoisotopic (exact) mass is 300 g/mol. The molecule has 7 heteroatoms. The van der Waals surface area contributed by atoms with Gasteiger partial charge in [-0.3, -0.25) is 0 Å². The van der Waals surface area contributed by atoms with E-state index in [4.69, 9.17) is 10.5 Å². The minimum Gasteiger partial charge on any atom is -0.381 e. The van der Waals surface area contributed by atoms with Gasteiger partial charge < -0.3 is 10.5 Å². The van der Waals surface area contributed by atoms with Gasteiger partial charge in [0.2, 0.25) is 10.0 Å². The molecule has 1 heterocycles. The van der Waals surface area contributed by atoms with E-state index in [2.05, 4.69) is 0 Å². The molecule has 1 aliphatic heterocycles. The second-order valence-electron chi connectivity index (χ2n) is 4.55. The largest absolute Gasteiger partial charge is 0.381 e. The van der Waals surface area contributed by atoms with Gasteiger partial charge in [0.15, 0.2) is 0 Å². The summed E-state index contributed by atoms with van der Waals surface area (Å²) in [5.74, 6) is 0.0596. The molecule has 2 atom stereocenters. The number of sulfonamides is 1. The first kappa shape index (κ1) is 18.1. The van der Waals surface area contributed by atoms with Crippen molar-refractivity contribution >= 4 is 22.4 Å². The Morgan fingerprint density at radius 3 is 2.67 bits per heavy atom. The van der Waals surface area contributed by atoms with Crippen LogP contribution in [0.2, 0.25) is 0 Å². The molecular formula is C11H25ClN2O3S. The van der Waals surface area contributed by atoms with E-state index < -0.39 is 10.0 Å². The van der Waals surface area contributed by atoms with Gasteiger partial charge in [-0.25, -0.2) is 8.42 Å². The van der Waals surface area contributed by atoms with Crippen molar-refractivity contribution in [1.82, 2.24) is 4.31 Å². The summed E-state index contributed by atoms with van der Waals surface area (Å²) in [6, 6.07) is -0.160. The van der Waals surface area contributed by atoms with E-state index in [0.29, 0.717) is 13.2 Å². The van der Waals surface area contributed by atoms with Crippen molar-refractivity contribution in [3.63, 3.8) is 0 Å². The quantitative estimate of drug-likeness (QED) is 0.742. The summed E-state index contributed by atoms with van der Waals surface area (Å²) in [6.07, 6.45) is 2.85. The molecule has 0 aromatic heterocycles. The van der Waals surface area contributed by atoms with E-state index in [1.807, 2.05) is 13.8 Å². The number of rotatable bonds is 6. The van der Waals surface area contributed by atoms with Gasteiger partial charge >= 0.3 is 0 Å². The third-order valence-electron chi connectivity index (χ3n) is 3.15. The van der Waals surface area contributed by atoms with Crippen LogP contribution in [0, 0.1) is 0 Å². The van der Waals surface area contributed by atoms with Crippen LogP contribution in [0.15, 0.2) is 0 Å². The van der Waals surface area contributed by atoms with E-state index in [9.17, 15) is 8.42 Å². The third kappa shape index (κ3) is 5.01. The molecule has 0 radical (unpaired) electrons. The average molecular weight is 301 g/mol. The number of nitrogens with two attached hydrogens (primary N) is 1. The SMILES string of the molecule is CCOCCS(=O)(=O)N1CCCCC1C(C)N.Cl. The zero-order valence-corrected chi connectivity index (χ0v) is 12.8. The highest BCUT2D eigenvalue weighted by atomic mass is 35.5. The summed E-state index contributed by atoms with van der Waals surface area (Å²) in [4.78, 5) is 0. The molecule has 1 saturated heterocycles. The van der Waals surface area contributed by atoms with Crippen LogP contribution in [0.25, 0.3) is 0 Å². The van der Waals surface area contributed by atoms with E-state index in [1.165, 1.54) is 0 Å². The molecule has 2 unspecified atom stereocenters. The van der Waals surface area contributed by atoms with Crippen LogP contribution >= 0.6 is 12.4 Å². The molecule has 1 aliphatic rings. The van der Waals surface area contributed by atoms with Crippen molar-refractivity contribution in [2.24, 2.45) is 5.73 Å². The minimum atomic E-state index is -3.22. The maximum atomic E-state index is 12.2. The minimum absolute atomic E-state index is 0. The van der Waals surface area contributed by atoms with Crippen LogP contribution < -0.4 is 5.73 Å². The Labute approximate surface area is 117 Å². The van der Waals surface area contributed by atoms with Crippen molar-refractivity contribution < 1.29 is 13.2 Å². The average Bonchev–Trinajstić information content (AvgIpc) is 2.29. The molecule has 18 heavy (non-hydrogen) atoms. The topological polar surface area (TPSA) is 72.6 Å². The Kier molecular flexibility index (Phi) is 8.38. The zero-order valence-electron chi connectivity index (χ0n) is 11.2. The molecule has 0 aliphatic carbocycles. The van der Waals surface area contributed by atoms with E-state index in [0.717, 1.165) is 19.3 Å². The van der Waals surface area contributed by atoms with Crippen LogP contribution in [0.1, 0.15) is 33.1 Å². The fraction of sp³-hybridized carbons (Fsp3) is 1.00. The molecular weight excluding hydrogens is 276 g/mol. The van der Waals surface area contributed by atoms with Gasteiger partial charge in [-0.2, -0.15) is 4.31 Å². The smallest absolute Gasteiger partial charge is 0.216 e. The summed E-state index contributed by atoms with van der Waals surface area (Å²) in [6.45, 7) is 5.15. The van der Waals surface area contributed by atoms with Gasteiger partial charge in [-0.1, -0.05) is 6.42 Å². The first-order valence-corrected chi connectivity index (χ1v) is 7.92. The fourth-order valence-corrected chi connectivity index (χ4v) is 3.91. The molecule has 1 rings (SSSR count). The maximum Gasteiger partial charge on any atom is 0.216 e. The van der Waals surface area contributed by atoms with Gasteiger partial charge in [0.25, 0.3) is 0 Å². The normalized spacial score (nSPS) is 23.4. The standard InChI is InChI=1S/C11H24N2O3S.ClH/c1-3-16-8-9-17(14,15)13-7-5-4-6-11(13)10(2)12;/h10-11H,3-9,12H2,1-2H3;1H. The Balaban J connectivity index is 0.00000289. The highest BCUT2D eigenvalue weighted by Crippen LogP contribution is 2.22. The molecule has 2 N–H and O–H groups in total. The molecule has 110 valence electrons. The van der Waals surface area contributed by atoms with Crippen LogP contribution in [0.4, 0.5) is 0 Å². The summed E-state index contributed by atoms with van der Waals surface area (Å²) in [5, 5.41) is 0. The number of hydrogen-bond donors (Lipinski definition) is 1. The lowest BCUT2D eigenvalue weighted by molar-refractivity contribution is 0.160. The second-order valence-corrected chi connectivity index (χ2v) is 6.59. The van der Waals surface area contributed by atoms with Crippen molar-refractivity contribution in [2.75, 3.05) is 25.5 Å². The number of ether oxygens (including phenoxy) is 1. The Morgan fingerprint density at radius 1 is 1.44 bits per heavy atom. The lowest BCUT2D eigenvalue weighted by Crippen LogP contribution is -2.52. The van der Waals surface area contributed by atoms with Crippen LogP contribution in [-0.2, 0) is 14.8 Å². The van der Waals surface area contributed by atoms with Gasteiger partial charge in [0, 0.05) is 25.2 Å². The Bertz CT molecular complexity index is 322. The fourth-order valence-electron chi connectivity index (χ4n) is 2.23. The van der Waals surface area contributed by atoms with Crippen LogP contribution in [0.5, 0.6) is 0 Å². The predicted molar refractivity (Wildman–Crippen MR) is 75.5 cm³/mol. The molecule has 0 saturated carbocycles. The second kappa shape index (κ2) is 8.32. The Morgan fingerprint density at radius 2 is 2.11 bits per heavy atom. The Hall–Kier alpha value is 0.120. The zero-order chi connectivity index (χ0) is 12.9. The first-order valence-electron chi connectivity index (χ1n) is 6.32. The van der Waals surface area contributed by atoms with Crippen molar-refractivity contribution in [1.29, 1.82) is 0 Å². The molecule has 0 bridgehead atoms. The predicted octanol–water partition coefficient (Wildman–Crippen LogP) is 0.976. The highest BCUT2D eigenvalue weighted by molar-refractivity contribution is 7.89. The van der Waals surface area contributed by atoms with Crippen molar-refractivity contribution in [3.05, 3.63) is 0 Å². The first-order chi connectivity index (χ1) is 7.99. The maximum absolute atomic E-state index is 12.2. The third-order valence-corrected chi connectivity index (χ3v) is 5.00. The molecule has 0 amide bonds. The summed E-state index contributed by atoms with van der Waals surface area (Å²) >= 11 is 0. The molecule has 1 fully saturated rings. The summed E-state index contributed by atoms with van der Waals surface area (Å²) in [7, 11) is -3.22. The van der Waals surface area contributed by atoms with Crippen molar-refractivity contribution in [2.45, 2.75) is 45.2 Å². The molecule has 0 aromatic rings. The van der Waals surface area contributed by atoms with Gasteiger partial charge in [0.05, 0.1) is 12.4 Å². The van der Waals surface area contributed by atoms with Crippen molar-refractivity contribution in [3.8, 4) is 0 Å². The highest BCUT2D eigenvalue weighted by Gasteiger charge is 2.33. The lowest BCUT2D eigenvalue weighted by Gasteiger charge is -2.36. The van der Waals surface area contributed by atoms with Crippen LogP contribution in [0.3, 0.4) is 0 Å². The van der Waals surface area contributed by atoms with E-state index in [1.54, 1.807) is 4.31 Å².